The SMILES string of the molecule is O=C(c1cc(=O)c2ccccc2o1)N1CCN(Cc2nnnn2-c2ccc(F)c(F)c2)CC1. The van der Waals surface area contributed by atoms with Gasteiger partial charge in [0, 0.05) is 38.3 Å². The Morgan fingerprint density at radius 1 is 1.00 bits per heavy atom. The molecule has 2 aromatic heterocycles. The van der Waals surface area contributed by atoms with Crippen LogP contribution in [0.25, 0.3) is 16.7 Å². The molecule has 1 amide bonds. The number of hydrogen-bond acceptors (Lipinski definition) is 7. The van der Waals surface area contributed by atoms with Crippen LogP contribution in [0.1, 0.15) is 16.4 Å². The predicted octanol–water partition coefficient (Wildman–Crippen LogP) is 2.00. The minimum atomic E-state index is -0.985. The summed E-state index contributed by atoms with van der Waals surface area (Å²) in [5, 5.41) is 11.9. The monoisotopic (exact) mass is 452 g/mol. The Hall–Kier alpha value is -3.99. The van der Waals surface area contributed by atoms with Gasteiger partial charge in [0.1, 0.15) is 5.58 Å². The highest BCUT2D eigenvalue weighted by Gasteiger charge is 2.25. The van der Waals surface area contributed by atoms with Crippen LogP contribution in [0.5, 0.6) is 0 Å². The van der Waals surface area contributed by atoms with Crippen molar-refractivity contribution in [1.82, 2.24) is 30.0 Å². The third-order valence-electron chi connectivity index (χ3n) is 5.55. The number of benzene rings is 2. The predicted molar refractivity (Wildman–Crippen MR) is 113 cm³/mol. The van der Waals surface area contributed by atoms with Crippen molar-refractivity contribution in [1.29, 1.82) is 0 Å². The number of hydrogen-bond donors (Lipinski definition) is 0. The van der Waals surface area contributed by atoms with Crippen LogP contribution in [0.15, 0.2) is 57.7 Å². The van der Waals surface area contributed by atoms with Gasteiger partial charge in [0.2, 0.25) is 0 Å². The molecule has 1 saturated heterocycles. The quantitative estimate of drug-likeness (QED) is 0.467. The lowest BCUT2D eigenvalue weighted by Crippen LogP contribution is -2.48. The van der Waals surface area contributed by atoms with Crippen LogP contribution in [-0.4, -0.2) is 62.1 Å². The van der Waals surface area contributed by atoms with Crippen LogP contribution in [0.2, 0.25) is 0 Å². The molecule has 0 saturated carbocycles. The summed E-state index contributed by atoms with van der Waals surface area (Å²) in [6.45, 7) is 2.27. The van der Waals surface area contributed by atoms with Gasteiger partial charge in [-0.1, -0.05) is 12.1 Å². The minimum Gasteiger partial charge on any atom is -0.451 e. The third kappa shape index (κ3) is 4.10. The number of piperazine rings is 1. The molecule has 5 rings (SSSR count). The van der Waals surface area contributed by atoms with E-state index in [9.17, 15) is 18.4 Å². The summed E-state index contributed by atoms with van der Waals surface area (Å²) in [5.41, 5.74) is 0.424. The maximum atomic E-state index is 13.6. The molecular formula is C22H18F2N6O3. The second-order valence-corrected chi connectivity index (χ2v) is 7.64. The number of nitrogens with zero attached hydrogens (tertiary/aromatic N) is 6. The zero-order valence-corrected chi connectivity index (χ0v) is 17.3. The molecule has 0 bridgehead atoms. The maximum absolute atomic E-state index is 13.6. The third-order valence-corrected chi connectivity index (χ3v) is 5.55. The molecule has 2 aromatic carbocycles. The summed E-state index contributed by atoms with van der Waals surface area (Å²) in [7, 11) is 0. The number of carbonyl (C=O) groups is 1. The van der Waals surface area contributed by atoms with E-state index in [0.29, 0.717) is 55.2 Å². The standard InChI is InChI=1S/C22H18F2N6O3/c23-16-6-5-14(11-17(16)24)30-21(25-26-27-30)13-28-7-9-29(10-8-28)22(32)20-12-18(31)15-3-1-2-4-19(15)33-20/h1-6,11-12H,7-10,13H2. The molecule has 9 nitrogen and oxygen atoms in total. The number of halogens is 2. The van der Waals surface area contributed by atoms with E-state index >= 15 is 0 Å². The smallest absolute Gasteiger partial charge is 0.289 e. The zero-order valence-electron chi connectivity index (χ0n) is 17.3. The van der Waals surface area contributed by atoms with Gasteiger partial charge in [0.05, 0.1) is 17.6 Å². The van der Waals surface area contributed by atoms with Crippen molar-refractivity contribution in [3.8, 4) is 5.69 Å². The fourth-order valence-electron chi connectivity index (χ4n) is 3.80. The van der Waals surface area contributed by atoms with Gasteiger partial charge in [-0.05, 0) is 34.7 Å². The Labute approximate surface area is 185 Å². The van der Waals surface area contributed by atoms with Crippen LogP contribution in [-0.2, 0) is 6.54 Å². The van der Waals surface area contributed by atoms with Crippen molar-refractivity contribution < 1.29 is 18.0 Å². The molecule has 0 N–H and O–H groups in total. The van der Waals surface area contributed by atoms with Crippen LogP contribution >= 0.6 is 0 Å². The average Bonchev–Trinajstić information content (AvgIpc) is 3.29. The van der Waals surface area contributed by atoms with E-state index in [1.165, 1.54) is 16.8 Å². The molecule has 0 unspecified atom stereocenters. The van der Waals surface area contributed by atoms with Crippen LogP contribution in [0, 0.1) is 11.6 Å². The van der Waals surface area contributed by atoms with E-state index in [1.54, 1.807) is 29.2 Å². The first-order valence-corrected chi connectivity index (χ1v) is 10.3. The van der Waals surface area contributed by atoms with Crippen LogP contribution < -0.4 is 5.43 Å². The Morgan fingerprint density at radius 3 is 2.58 bits per heavy atom. The lowest BCUT2D eigenvalue weighted by molar-refractivity contribution is 0.0594. The first-order valence-electron chi connectivity index (χ1n) is 10.3. The molecule has 0 aliphatic carbocycles. The number of carbonyl (C=O) groups excluding carboxylic acids is 1. The maximum Gasteiger partial charge on any atom is 0.289 e. The number of tetrazole rings is 1. The fourth-order valence-corrected chi connectivity index (χ4v) is 3.80. The minimum absolute atomic E-state index is 0.00873. The zero-order chi connectivity index (χ0) is 22.9. The van der Waals surface area contributed by atoms with E-state index in [1.807, 2.05) is 4.90 Å². The van der Waals surface area contributed by atoms with E-state index in [2.05, 4.69) is 15.5 Å². The van der Waals surface area contributed by atoms with Gasteiger partial charge in [-0.3, -0.25) is 14.5 Å². The fraction of sp³-hybridized carbons (Fsp3) is 0.227. The molecule has 0 radical (unpaired) electrons. The Bertz CT molecular complexity index is 1390. The van der Waals surface area contributed by atoms with E-state index in [-0.39, 0.29) is 17.1 Å². The van der Waals surface area contributed by atoms with Gasteiger partial charge < -0.3 is 9.32 Å². The van der Waals surface area contributed by atoms with E-state index in [4.69, 9.17) is 4.42 Å². The van der Waals surface area contributed by atoms with Crippen LogP contribution in [0.3, 0.4) is 0 Å². The summed E-state index contributed by atoms with van der Waals surface area (Å²) in [6, 6.07) is 11.5. The molecule has 168 valence electrons. The van der Waals surface area contributed by atoms with Gasteiger partial charge in [-0.25, -0.2) is 8.78 Å². The highest BCUT2D eigenvalue weighted by Crippen LogP contribution is 2.17. The van der Waals surface area contributed by atoms with Crippen molar-refractivity contribution in [3.05, 3.63) is 82.0 Å². The van der Waals surface area contributed by atoms with Crippen molar-refractivity contribution in [3.63, 3.8) is 0 Å². The molecule has 1 aliphatic heterocycles. The largest absolute Gasteiger partial charge is 0.451 e. The molecule has 1 fully saturated rings. The number of rotatable bonds is 4. The van der Waals surface area contributed by atoms with Crippen molar-refractivity contribution in [2.24, 2.45) is 0 Å². The summed E-state index contributed by atoms with van der Waals surface area (Å²) >= 11 is 0. The number of aromatic nitrogens is 4. The molecule has 0 atom stereocenters. The van der Waals surface area contributed by atoms with Crippen molar-refractivity contribution in [2.75, 3.05) is 26.2 Å². The summed E-state index contributed by atoms with van der Waals surface area (Å²) in [5.74, 6) is -1.81. The van der Waals surface area contributed by atoms with E-state index < -0.39 is 11.6 Å². The van der Waals surface area contributed by atoms with Gasteiger partial charge in [-0.15, -0.1) is 5.10 Å². The van der Waals surface area contributed by atoms with Crippen molar-refractivity contribution in [2.45, 2.75) is 6.54 Å². The second-order valence-electron chi connectivity index (χ2n) is 7.64. The summed E-state index contributed by atoms with van der Waals surface area (Å²) in [4.78, 5) is 28.9. The Kier molecular flexibility index (Phi) is 5.38. The first kappa shape index (κ1) is 20.9. The topological polar surface area (TPSA) is 97.4 Å². The molecule has 1 aliphatic rings. The summed E-state index contributed by atoms with van der Waals surface area (Å²) < 4.78 is 33.8. The molecular weight excluding hydrogens is 434 g/mol. The molecule has 33 heavy (non-hydrogen) atoms. The molecule has 3 heterocycles. The highest BCUT2D eigenvalue weighted by molar-refractivity contribution is 5.93. The molecule has 4 aromatic rings. The lowest BCUT2D eigenvalue weighted by Gasteiger charge is -2.34. The Morgan fingerprint density at radius 2 is 1.79 bits per heavy atom. The van der Waals surface area contributed by atoms with Crippen molar-refractivity contribution >= 4 is 16.9 Å². The normalized spacial score (nSPS) is 14.7. The van der Waals surface area contributed by atoms with Gasteiger partial charge in [0.15, 0.2) is 28.6 Å². The second kappa shape index (κ2) is 8.51. The Balaban J connectivity index is 1.26. The molecule has 0 spiro atoms. The lowest BCUT2D eigenvalue weighted by atomic mass is 10.2. The molecule has 11 heteroatoms. The van der Waals surface area contributed by atoms with Gasteiger partial charge >= 0.3 is 0 Å². The number of para-hydroxylation sites is 1. The van der Waals surface area contributed by atoms with Gasteiger partial charge in [0.25, 0.3) is 5.91 Å². The highest BCUT2D eigenvalue weighted by atomic mass is 19.2. The number of amides is 1. The van der Waals surface area contributed by atoms with E-state index in [0.717, 1.165) is 12.1 Å². The average molecular weight is 452 g/mol. The van der Waals surface area contributed by atoms with Gasteiger partial charge in [-0.2, -0.15) is 4.68 Å². The van der Waals surface area contributed by atoms with Crippen LogP contribution in [0.4, 0.5) is 8.78 Å². The number of fused-ring (bicyclic) bond motifs is 1. The summed E-state index contributed by atoms with van der Waals surface area (Å²) in [6.07, 6.45) is 0. The first-order chi connectivity index (χ1) is 16.0.